The lowest BCUT2D eigenvalue weighted by molar-refractivity contribution is 0.153. The molecule has 1 aromatic carbocycles. The Labute approximate surface area is 108 Å². The predicted molar refractivity (Wildman–Crippen MR) is 72.2 cm³/mol. The number of aryl methyl sites for hydroxylation is 2. The van der Waals surface area contributed by atoms with Gasteiger partial charge in [0.25, 0.3) is 0 Å². The van der Waals surface area contributed by atoms with E-state index in [2.05, 4.69) is 24.0 Å². The van der Waals surface area contributed by atoms with Crippen molar-refractivity contribution in [3.63, 3.8) is 0 Å². The molecule has 1 N–H and O–H groups in total. The highest BCUT2D eigenvalue weighted by molar-refractivity contribution is 5.15. The summed E-state index contributed by atoms with van der Waals surface area (Å²) in [6.45, 7) is 3.04. The fraction of sp³-hybridized carbons (Fsp3) is 0.400. The number of benzene rings is 1. The van der Waals surface area contributed by atoms with E-state index in [0.717, 1.165) is 25.2 Å². The molecule has 3 heteroatoms. The van der Waals surface area contributed by atoms with Crippen molar-refractivity contribution < 1.29 is 5.11 Å². The fourth-order valence-electron chi connectivity index (χ4n) is 2.13. The first-order valence-electron chi connectivity index (χ1n) is 6.54. The van der Waals surface area contributed by atoms with Crippen LogP contribution in [0.15, 0.2) is 42.7 Å². The molecule has 1 atom stereocenters. The van der Waals surface area contributed by atoms with Crippen LogP contribution in [0.4, 0.5) is 0 Å². The van der Waals surface area contributed by atoms with Gasteiger partial charge in [-0.15, -0.1) is 0 Å². The van der Waals surface area contributed by atoms with E-state index in [9.17, 15) is 5.11 Å². The SMILES string of the molecule is CCCn1ccnc1C(O)CCc1ccccc1. The topological polar surface area (TPSA) is 38.0 Å². The molecule has 1 aromatic heterocycles. The molecule has 0 saturated heterocycles. The zero-order valence-electron chi connectivity index (χ0n) is 10.8. The molecule has 0 aliphatic heterocycles. The van der Waals surface area contributed by atoms with Crippen molar-refractivity contribution in [3.8, 4) is 0 Å². The van der Waals surface area contributed by atoms with Gasteiger partial charge in [0.2, 0.25) is 0 Å². The molecule has 1 heterocycles. The molecule has 2 rings (SSSR count). The van der Waals surface area contributed by atoms with Gasteiger partial charge in [-0.3, -0.25) is 0 Å². The van der Waals surface area contributed by atoms with E-state index in [1.807, 2.05) is 29.0 Å². The highest BCUT2D eigenvalue weighted by Gasteiger charge is 2.13. The van der Waals surface area contributed by atoms with E-state index >= 15 is 0 Å². The van der Waals surface area contributed by atoms with Gasteiger partial charge in [-0.25, -0.2) is 4.98 Å². The van der Waals surface area contributed by atoms with Gasteiger partial charge in [-0.1, -0.05) is 37.3 Å². The van der Waals surface area contributed by atoms with Crippen LogP contribution >= 0.6 is 0 Å². The zero-order chi connectivity index (χ0) is 12.8. The molecule has 0 radical (unpaired) electrons. The van der Waals surface area contributed by atoms with Crippen LogP contribution in [0.3, 0.4) is 0 Å². The maximum atomic E-state index is 10.2. The molecule has 0 aliphatic carbocycles. The first-order valence-corrected chi connectivity index (χ1v) is 6.54. The van der Waals surface area contributed by atoms with Crippen molar-refractivity contribution in [2.45, 2.75) is 38.8 Å². The lowest BCUT2D eigenvalue weighted by Gasteiger charge is -2.12. The normalized spacial score (nSPS) is 12.6. The van der Waals surface area contributed by atoms with E-state index in [1.54, 1.807) is 6.20 Å². The minimum absolute atomic E-state index is 0.480. The van der Waals surface area contributed by atoms with Crippen molar-refractivity contribution in [2.75, 3.05) is 0 Å². The summed E-state index contributed by atoms with van der Waals surface area (Å²) in [5.74, 6) is 0.785. The summed E-state index contributed by atoms with van der Waals surface area (Å²) in [5, 5.41) is 10.2. The van der Waals surface area contributed by atoms with Crippen LogP contribution in [0.5, 0.6) is 0 Å². The van der Waals surface area contributed by atoms with Gasteiger partial charge in [0.05, 0.1) is 0 Å². The van der Waals surface area contributed by atoms with Crippen LogP contribution in [0, 0.1) is 0 Å². The van der Waals surface area contributed by atoms with E-state index in [0.29, 0.717) is 6.42 Å². The van der Waals surface area contributed by atoms with E-state index < -0.39 is 6.10 Å². The number of aliphatic hydroxyl groups excluding tert-OH is 1. The molecule has 3 nitrogen and oxygen atoms in total. The molecular formula is C15H20N2O. The number of imidazole rings is 1. The fourth-order valence-corrected chi connectivity index (χ4v) is 2.13. The van der Waals surface area contributed by atoms with E-state index in [-0.39, 0.29) is 0 Å². The lowest BCUT2D eigenvalue weighted by atomic mass is 10.1. The summed E-state index contributed by atoms with van der Waals surface area (Å²) >= 11 is 0. The standard InChI is InChI=1S/C15H20N2O/c1-2-11-17-12-10-16-15(17)14(18)9-8-13-6-4-3-5-7-13/h3-7,10,12,14,18H,2,8-9,11H2,1H3. The van der Waals surface area contributed by atoms with Gasteiger partial charge in [0.1, 0.15) is 11.9 Å². The summed E-state index contributed by atoms with van der Waals surface area (Å²) in [4.78, 5) is 4.26. The van der Waals surface area contributed by atoms with Crippen LogP contribution in [-0.4, -0.2) is 14.7 Å². The second kappa shape index (κ2) is 6.36. The third kappa shape index (κ3) is 3.20. The van der Waals surface area contributed by atoms with Crippen molar-refractivity contribution in [2.24, 2.45) is 0 Å². The number of aliphatic hydroxyl groups is 1. The second-order valence-corrected chi connectivity index (χ2v) is 4.52. The van der Waals surface area contributed by atoms with Gasteiger partial charge in [-0.05, 0) is 24.8 Å². The maximum Gasteiger partial charge on any atom is 0.137 e. The predicted octanol–water partition coefficient (Wildman–Crippen LogP) is 2.96. The Balaban J connectivity index is 1.95. The molecule has 0 aliphatic rings. The van der Waals surface area contributed by atoms with Crippen molar-refractivity contribution in [1.29, 1.82) is 0 Å². The quantitative estimate of drug-likeness (QED) is 0.848. The van der Waals surface area contributed by atoms with Crippen LogP contribution in [0.25, 0.3) is 0 Å². The van der Waals surface area contributed by atoms with Crippen LogP contribution in [-0.2, 0) is 13.0 Å². The Kier molecular flexibility index (Phi) is 4.53. The summed E-state index contributed by atoms with van der Waals surface area (Å²) < 4.78 is 2.04. The average Bonchev–Trinajstić information content (AvgIpc) is 2.86. The second-order valence-electron chi connectivity index (χ2n) is 4.52. The molecule has 0 fully saturated rings. The summed E-state index contributed by atoms with van der Waals surface area (Å²) in [6.07, 6.45) is 5.86. The van der Waals surface area contributed by atoms with Gasteiger partial charge in [0, 0.05) is 18.9 Å². The number of hydrogen-bond acceptors (Lipinski definition) is 2. The lowest BCUT2D eigenvalue weighted by Crippen LogP contribution is -2.09. The van der Waals surface area contributed by atoms with Gasteiger partial charge >= 0.3 is 0 Å². The van der Waals surface area contributed by atoms with E-state index in [1.165, 1.54) is 5.56 Å². The Bertz CT molecular complexity index is 464. The molecule has 0 spiro atoms. The van der Waals surface area contributed by atoms with Crippen LogP contribution in [0.1, 0.15) is 37.3 Å². The smallest absolute Gasteiger partial charge is 0.137 e. The largest absolute Gasteiger partial charge is 0.385 e. The van der Waals surface area contributed by atoms with Crippen LogP contribution < -0.4 is 0 Å². The Hall–Kier alpha value is -1.61. The van der Waals surface area contributed by atoms with Crippen molar-refractivity contribution in [1.82, 2.24) is 9.55 Å². The van der Waals surface area contributed by atoms with Crippen molar-refractivity contribution >= 4 is 0 Å². The molecule has 0 amide bonds. The highest BCUT2D eigenvalue weighted by Crippen LogP contribution is 2.17. The molecule has 2 aromatic rings. The molecule has 18 heavy (non-hydrogen) atoms. The summed E-state index contributed by atoms with van der Waals surface area (Å²) in [7, 11) is 0. The number of rotatable bonds is 6. The van der Waals surface area contributed by atoms with Gasteiger partial charge in [-0.2, -0.15) is 0 Å². The summed E-state index contributed by atoms with van der Waals surface area (Å²) in [5.41, 5.74) is 1.25. The van der Waals surface area contributed by atoms with Gasteiger partial charge < -0.3 is 9.67 Å². The first-order chi connectivity index (χ1) is 8.81. The monoisotopic (exact) mass is 244 g/mol. The Morgan fingerprint density at radius 3 is 2.78 bits per heavy atom. The molecular weight excluding hydrogens is 224 g/mol. The van der Waals surface area contributed by atoms with Crippen LogP contribution in [0.2, 0.25) is 0 Å². The third-order valence-corrected chi connectivity index (χ3v) is 3.06. The molecule has 96 valence electrons. The zero-order valence-corrected chi connectivity index (χ0v) is 10.8. The number of hydrogen-bond donors (Lipinski definition) is 1. The minimum Gasteiger partial charge on any atom is -0.385 e. The highest BCUT2D eigenvalue weighted by atomic mass is 16.3. The minimum atomic E-state index is -0.480. The Morgan fingerprint density at radius 1 is 1.28 bits per heavy atom. The van der Waals surface area contributed by atoms with Gasteiger partial charge in [0.15, 0.2) is 0 Å². The van der Waals surface area contributed by atoms with E-state index in [4.69, 9.17) is 0 Å². The molecule has 1 unspecified atom stereocenters. The maximum absolute atomic E-state index is 10.2. The Morgan fingerprint density at radius 2 is 2.06 bits per heavy atom. The first kappa shape index (κ1) is 12.8. The van der Waals surface area contributed by atoms with Crippen molar-refractivity contribution in [3.05, 3.63) is 54.1 Å². The molecule has 0 bridgehead atoms. The molecule has 0 saturated carbocycles. The number of aromatic nitrogens is 2. The third-order valence-electron chi connectivity index (χ3n) is 3.06. The summed E-state index contributed by atoms with van der Waals surface area (Å²) in [6, 6.07) is 10.2. The number of nitrogens with zero attached hydrogens (tertiary/aromatic N) is 2. The average molecular weight is 244 g/mol.